The number of para-hydroxylation sites is 2. The number of aryl methyl sites for hydroxylation is 1. The van der Waals surface area contributed by atoms with E-state index in [1.165, 1.54) is 0 Å². The first-order valence-electron chi connectivity index (χ1n) is 9.25. The molecule has 0 saturated carbocycles. The maximum atomic E-state index is 12.5. The maximum Gasteiger partial charge on any atom is 0.244 e. The van der Waals surface area contributed by atoms with Gasteiger partial charge in [-0.05, 0) is 56.2 Å². The zero-order chi connectivity index (χ0) is 18.6. The van der Waals surface area contributed by atoms with E-state index >= 15 is 0 Å². The third-order valence-corrected chi connectivity index (χ3v) is 4.75. The number of amides is 1. The average Bonchev–Trinajstić information content (AvgIpc) is 3.30. The minimum Gasteiger partial charge on any atom is -0.491 e. The van der Waals surface area contributed by atoms with Gasteiger partial charge in [0.25, 0.3) is 0 Å². The van der Waals surface area contributed by atoms with Gasteiger partial charge in [0.1, 0.15) is 24.7 Å². The quantitative estimate of drug-likeness (QED) is 0.726. The summed E-state index contributed by atoms with van der Waals surface area (Å²) in [6.07, 6.45) is 2.35. The summed E-state index contributed by atoms with van der Waals surface area (Å²) < 4.78 is 13.2. The van der Waals surface area contributed by atoms with Crippen molar-refractivity contribution in [1.82, 2.24) is 9.55 Å². The lowest BCUT2D eigenvalue weighted by molar-refractivity contribution is -0.116. The third kappa shape index (κ3) is 4.11. The lowest BCUT2D eigenvalue weighted by atomic mass is 10.2. The van der Waals surface area contributed by atoms with E-state index in [0.717, 1.165) is 47.7 Å². The highest BCUT2D eigenvalue weighted by Gasteiger charge is 2.16. The number of imidazole rings is 1. The van der Waals surface area contributed by atoms with Gasteiger partial charge in [-0.1, -0.05) is 12.1 Å². The van der Waals surface area contributed by atoms with E-state index in [-0.39, 0.29) is 18.6 Å². The Bertz CT molecular complexity index is 927. The fourth-order valence-electron chi connectivity index (χ4n) is 3.34. The summed E-state index contributed by atoms with van der Waals surface area (Å²) in [5, 5.41) is 2.93. The molecule has 1 aliphatic rings. The fraction of sp³-hybridized carbons (Fsp3) is 0.333. The molecule has 27 heavy (non-hydrogen) atoms. The van der Waals surface area contributed by atoms with Crippen molar-refractivity contribution in [3.63, 3.8) is 0 Å². The van der Waals surface area contributed by atoms with Crippen LogP contribution in [0.5, 0.6) is 5.75 Å². The molecule has 4 rings (SSSR count). The van der Waals surface area contributed by atoms with Crippen molar-refractivity contribution in [3.8, 4) is 5.75 Å². The number of carbonyl (C=O) groups excluding carboxylic acids is 1. The lowest BCUT2D eigenvalue weighted by Crippen LogP contribution is -2.19. The molecule has 1 aromatic heterocycles. The van der Waals surface area contributed by atoms with Crippen LogP contribution in [-0.4, -0.2) is 34.8 Å². The number of hydrogen-bond acceptors (Lipinski definition) is 4. The molecule has 1 amide bonds. The van der Waals surface area contributed by atoms with Crippen molar-refractivity contribution in [2.24, 2.45) is 0 Å². The molecule has 6 heteroatoms. The molecule has 0 radical (unpaired) electrons. The SMILES string of the molecule is Cc1nc2ccccc2n1CC(=O)Nc1ccc(OCC2CCCO2)cc1. The van der Waals surface area contributed by atoms with Gasteiger partial charge in [0.2, 0.25) is 5.91 Å². The van der Waals surface area contributed by atoms with Crippen molar-refractivity contribution in [1.29, 1.82) is 0 Å². The van der Waals surface area contributed by atoms with Crippen LogP contribution in [0.15, 0.2) is 48.5 Å². The Morgan fingerprint density at radius 2 is 2.07 bits per heavy atom. The van der Waals surface area contributed by atoms with Crippen LogP contribution in [0.1, 0.15) is 18.7 Å². The number of benzene rings is 2. The molecule has 1 unspecified atom stereocenters. The zero-order valence-corrected chi connectivity index (χ0v) is 15.4. The molecule has 0 bridgehead atoms. The summed E-state index contributed by atoms with van der Waals surface area (Å²) >= 11 is 0. The second kappa shape index (κ2) is 7.80. The van der Waals surface area contributed by atoms with Crippen molar-refractivity contribution in [2.45, 2.75) is 32.4 Å². The summed E-state index contributed by atoms with van der Waals surface area (Å²) in [5.41, 5.74) is 2.60. The van der Waals surface area contributed by atoms with Gasteiger partial charge >= 0.3 is 0 Å². The molecule has 1 aliphatic heterocycles. The molecule has 2 aromatic carbocycles. The van der Waals surface area contributed by atoms with Crippen LogP contribution in [-0.2, 0) is 16.1 Å². The number of nitrogens with zero attached hydrogens (tertiary/aromatic N) is 2. The van der Waals surface area contributed by atoms with Crippen molar-refractivity contribution >= 4 is 22.6 Å². The van der Waals surface area contributed by atoms with Gasteiger partial charge in [0, 0.05) is 12.3 Å². The number of anilines is 1. The highest BCUT2D eigenvalue weighted by Crippen LogP contribution is 2.19. The number of rotatable bonds is 6. The molecule has 3 aromatic rings. The highest BCUT2D eigenvalue weighted by molar-refractivity contribution is 5.91. The van der Waals surface area contributed by atoms with E-state index in [2.05, 4.69) is 10.3 Å². The molecule has 6 nitrogen and oxygen atoms in total. The molecule has 1 saturated heterocycles. The van der Waals surface area contributed by atoms with E-state index in [0.29, 0.717) is 6.61 Å². The van der Waals surface area contributed by atoms with Crippen LogP contribution in [0, 0.1) is 6.92 Å². The van der Waals surface area contributed by atoms with Crippen LogP contribution in [0.2, 0.25) is 0 Å². The normalized spacial score (nSPS) is 16.6. The molecule has 1 atom stereocenters. The molecule has 0 aliphatic carbocycles. The van der Waals surface area contributed by atoms with Gasteiger partial charge in [0.15, 0.2) is 0 Å². The first kappa shape index (κ1) is 17.5. The Kier molecular flexibility index (Phi) is 5.07. The largest absolute Gasteiger partial charge is 0.491 e. The van der Waals surface area contributed by atoms with Crippen LogP contribution in [0.4, 0.5) is 5.69 Å². The Hall–Kier alpha value is -2.86. The summed E-state index contributed by atoms with van der Waals surface area (Å²) in [6, 6.07) is 15.2. The second-order valence-electron chi connectivity index (χ2n) is 6.75. The Morgan fingerprint density at radius 3 is 2.85 bits per heavy atom. The molecule has 1 fully saturated rings. The Labute approximate surface area is 158 Å². The van der Waals surface area contributed by atoms with Gasteiger partial charge in [-0.3, -0.25) is 4.79 Å². The molecule has 2 heterocycles. The first-order chi connectivity index (χ1) is 13.2. The van der Waals surface area contributed by atoms with Crippen molar-refractivity contribution in [2.75, 3.05) is 18.5 Å². The van der Waals surface area contributed by atoms with Gasteiger partial charge < -0.3 is 19.4 Å². The van der Waals surface area contributed by atoms with Crippen LogP contribution in [0.25, 0.3) is 11.0 Å². The Balaban J connectivity index is 1.35. The van der Waals surface area contributed by atoms with Gasteiger partial charge in [-0.25, -0.2) is 4.98 Å². The number of hydrogen-bond donors (Lipinski definition) is 1. The highest BCUT2D eigenvalue weighted by atomic mass is 16.5. The predicted octanol–water partition coefficient (Wildman–Crippen LogP) is 3.54. The lowest BCUT2D eigenvalue weighted by Gasteiger charge is -2.12. The minimum absolute atomic E-state index is 0.0886. The molecule has 0 spiro atoms. The van der Waals surface area contributed by atoms with E-state index in [1.54, 1.807) is 0 Å². The van der Waals surface area contributed by atoms with E-state index in [4.69, 9.17) is 9.47 Å². The number of aromatic nitrogens is 2. The smallest absolute Gasteiger partial charge is 0.244 e. The Morgan fingerprint density at radius 1 is 1.26 bits per heavy atom. The maximum absolute atomic E-state index is 12.5. The zero-order valence-electron chi connectivity index (χ0n) is 15.4. The molecular formula is C21H23N3O3. The van der Waals surface area contributed by atoms with Crippen molar-refractivity contribution < 1.29 is 14.3 Å². The number of carbonyl (C=O) groups is 1. The standard InChI is InChI=1S/C21H23N3O3/c1-15-22-19-6-2-3-7-20(19)24(15)13-21(25)23-16-8-10-17(11-9-16)27-14-18-5-4-12-26-18/h2-3,6-11,18H,4-5,12-14H2,1H3,(H,23,25). The summed E-state index contributed by atoms with van der Waals surface area (Å²) in [4.78, 5) is 16.9. The topological polar surface area (TPSA) is 65.4 Å². The minimum atomic E-state index is -0.0886. The van der Waals surface area contributed by atoms with Crippen LogP contribution >= 0.6 is 0 Å². The first-order valence-corrected chi connectivity index (χ1v) is 9.25. The second-order valence-corrected chi connectivity index (χ2v) is 6.75. The van der Waals surface area contributed by atoms with Crippen molar-refractivity contribution in [3.05, 3.63) is 54.4 Å². The molecule has 1 N–H and O–H groups in total. The molecular weight excluding hydrogens is 342 g/mol. The predicted molar refractivity (Wildman–Crippen MR) is 104 cm³/mol. The van der Waals surface area contributed by atoms with Crippen LogP contribution in [0.3, 0.4) is 0 Å². The monoisotopic (exact) mass is 365 g/mol. The number of fused-ring (bicyclic) bond motifs is 1. The third-order valence-electron chi connectivity index (χ3n) is 4.75. The summed E-state index contributed by atoms with van der Waals surface area (Å²) in [7, 11) is 0. The van der Waals surface area contributed by atoms with E-state index < -0.39 is 0 Å². The van der Waals surface area contributed by atoms with Gasteiger partial charge in [-0.2, -0.15) is 0 Å². The van der Waals surface area contributed by atoms with Gasteiger partial charge in [0.05, 0.1) is 17.1 Å². The number of ether oxygens (including phenoxy) is 2. The number of nitrogens with one attached hydrogen (secondary N) is 1. The average molecular weight is 365 g/mol. The van der Waals surface area contributed by atoms with Gasteiger partial charge in [-0.15, -0.1) is 0 Å². The summed E-state index contributed by atoms with van der Waals surface area (Å²) in [6.45, 7) is 3.53. The fourth-order valence-corrected chi connectivity index (χ4v) is 3.34. The summed E-state index contributed by atoms with van der Waals surface area (Å²) in [5.74, 6) is 1.51. The van der Waals surface area contributed by atoms with E-state index in [9.17, 15) is 4.79 Å². The molecule has 140 valence electrons. The van der Waals surface area contributed by atoms with E-state index in [1.807, 2.05) is 60.0 Å². The van der Waals surface area contributed by atoms with Crippen LogP contribution < -0.4 is 10.1 Å².